The first-order valence-electron chi connectivity index (χ1n) is 5.04. The van der Waals surface area contributed by atoms with Crippen LogP contribution in [-0.4, -0.2) is 43.8 Å². The lowest BCUT2D eigenvalue weighted by Crippen LogP contribution is -2.47. The van der Waals surface area contributed by atoms with Gasteiger partial charge in [-0.3, -0.25) is 0 Å². The largest absolute Gasteiger partial charge is 0.448 e. The molecule has 1 fully saturated rings. The maximum atomic E-state index is 11.2. The van der Waals surface area contributed by atoms with Crippen LogP contribution in [0.25, 0.3) is 0 Å². The second-order valence-corrected chi connectivity index (χ2v) is 4.77. The molecule has 1 heterocycles. The number of cyclic esters (lactones) is 1. The summed E-state index contributed by atoms with van der Waals surface area (Å²) >= 11 is 0. The molecule has 82 valence electrons. The predicted molar refractivity (Wildman–Crippen MR) is 55.2 cm³/mol. The maximum absolute atomic E-state index is 11.2. The summed E-state index contributed by atoms with van der Waals surface area (Å²) in [5.41, 5.74) is 0.150. The van der Waals surface area contributed by atoms with Crippen LogP contribution in [0, 0.1) is 5.41 Å². The monoisotopic (exact) mass is 200 g/mol. The van der Waals surface area contributed by atoms with Crippen molar-refractivity contribution >= 4 is 6.09 Å². The zero-order valence-corrected chi connectivity index (χ0v) is 9.46. The molecule has 0 saturated carbocycles. The number of nitrogens with zero attached hydrogens (tertiary/aromatic N) is 1. The Morgan fingerprint density at radius 2 is 2.21 bits per heavy atom. The SMILES string of the molecule is CNC(CN1CCOC1=O)C(C)(C)C. The number of hydrogen-bond donors (Lipinski definition) is 1. The first-order chi connectivity index (χ1) is 6.45. The third-order valence-corrected chi connectivity index (χ3v) is 2.64. The fourth-order valence-corrected chi connectivity index (χ4v) is 1.61. The summed E-state index contributed by atoms with van der Waals surface area (Å²) in [5, 5.41) is 3.24. The van der Waals surface area contributed by atoms with E-state index >= 15 is 0 Å². The minimum Gasteiger partial charge on any atom is -0.448 e. The van der Waals surface area contributed by atoms with Gasteiger partial charge >= 0.3 is 6.09 Å². The van der Waals surface area contributed by atoms with Crippen LogP contribution in [-0.2, 0) is 4.74 Å². The molecular formula is C10H20N2O2. The topological polar surface area (TPSA) is 41.6 Å². The van der Waals surface area contributed by atoms with E-state index in [-0.39, 0.29) is 11.5 Å². The van der Waals surface area contributed by atoms with Crippen LogP contribution in [0.3, 0.4) is 0 Å². The van der Waals surface area contributed by atoms with Gasteiger partial charge in [-0.25, -0.2) is 4.79 Å². The Kier molecular flexibility index (Phi) is 3.37. The minimum absolute atomic E-state index is 0.150. The Hall–Kier alpha value is -0.770. The quantitative estimate of drug-likeness (QED) is 0.741. The normalized spacial score (nSPS) is 19.7. The molecule has 4 nitrogen and oxygen atoms in total. The Labute approximate surface area is 85.6 Å². The molecule has 1 N–H and O–H groups in total. The lowest BCUT2D eigenvalue weighted by molar-refractivity contribution is 0.148. The Bertz CT molecular complexity index is 211. The third-order valence-electron chi connectivity index (χ3n) is 2.64. The molecule has 14 heavy (non-hydrogen) atoms. The summed E-state index contributed by atoms with van der Waals surface area (Å²) in [5.74, 6) is 0. The predicted octanol–water partition coefficient (Wildman–Crippen LogP) is 1.07. The number of carbonyl (C=O) groups excluding carboxylic acids is 1. The summed E-state index contributed by atoms with van der Waals surface area (Å²) in [6.07, 6.45) is -0.186. The molecule has 1 amide bonds. The first-order valence-corrected chi connectivity index (χ1v) is 5.04. The number of rotatable bonds is 3. The van der Waals surface area contributed by atoms with Crippen LogP contribution < -0.4 is 5.32 Å². The number of amides is 1. The van der Waals surface area contributed by atoms with Gasteiger partial charge in [0.15, 0.2) is 0 Å². The maximum Gasteiger partial charge on any atom is 0.409 e. The second-order valence-electron chi connectivity index (χ2n) is 4.77. The van der Waals surface area contributed by atoms with Gasteiger partial charge in [-0.05, 0) is 12.5 Å². The van der Waals surface area contributed by atoms with Gasteiger partial charge in [-0.15, -0.1) is 0 Å². The van der Waals surface area contributed by atoms with Crippen LogP contribution >= 0.6 is 0 Å². The van der Waals surface area contributed by atoms with E-state index in [1.165, 1.54) is 0 Å². The molecule has 0 aromatic rings. The molecule has 1 aliphatic heterocycles. The van der Waals surface area contributed by atoms with Crippen LogP contribution in [0.4, 0.5) is 4.79 Å². The Morgan fingerprint density at radius 3 is 2.57 bits per heavy atom. The number of nitrogens with one attached hydrogen (secondary N) is 1. The van der Waals surface area contributed by atoms with Crippen molar-refractivity contribution in [3.05, 3.63) is 0 Å². The Morgan fingerprint density at radius 1 is 1.57 bits per heavy atom. The number of carbonyl (C=O) groups is 1. The average molecular weight is 200 g/mol. The first kappa shape index (κ1) is 11.3. The smallest absolute Gasteiger partial charge is 0.409 e. The van der Waals surface area contributed by atoms with Crippen molar-refractivity contribution in [1.29, 1.82) is 0 Å². The fraction of sp³-hybridized carbons (Fsp3) is 0.900. The number of ether oxygens (including phenoxy) is 1. The van der Waals surface area contributed by atoms with Crippen LogP contribution in [0.15, 0.2) is 0 Å². The molecule has 0 aromatic carbocycles. The fourth-order valence-electron chi connectivity index (χ4n) is 1.61. The molecular weight excluding hydrogens is 180 g/mol. The molecule has 1 unspecified atom stereocenters. The van der Waals surface area contributed by atoms with Crippen molar-refractivity contribution in [3.63, 3.8) is 0 Å². The molecule has 0 aliphatic carbocycles. The molecule has 0 spiro atoms. The second kappa shape index (κ2) is 4.17. The zero-order chi connectivity index (χ0) is 10.8. The lowest BCUT2D eigenvalue weighted by atomic mass is 9.86. The lowest BCUT2D eigenvalue weighted by Gasteiger charge is -2.32. The number of hydrogen-bond acceptors (Lipinski definition) is 3. The highest BCUT2D eigenvalue weighted by Gasteiger charge is 2.30. The van der Waals surface area contributed by atoms with Crippen LogP contribution in [0.5, 0.6) is 0 Å². The van der Waals surface area contributed by atoms with Gasteiger partial charge in [0.25, 0.3) is 0 Å². The molecule has 0 bridgehead atoms. The average Bonchev–Trinajstić information content (AvgIpc) is 2.45. The van der Waals surface area contributed by atoms with E-state index in [2.05, 4.69) is 26.1 Å². The zero-order valence-electron chi connectivity index (χ0n) is 9.46. The van der Waals surface area contributed by atoms with Crippen LogP contribution in [0.2, 0.25) is 0 Å². The van der Waals surface area contributed by atoms with Gasteiger partial charge in [0.1, 0.15) is 6.61 Å². The van der Waals surface area contributed by atoms with Gasteiger partial charge < -0.3 is 15.0 Å². The van der Waals surface area contributed by atoms with Crippen molar-refractivity contribution in [2.45, 2.75) is 26.8 Å². The summed E-state index contributed by atoms with van der Waals surface area (Å²) in [6, 6.07) is 0.299. The van der Waals surface area contributed by atoms with Gasteiger partial charge in [0.2, 0.25) is 0 Å². The van der Waals surface area contributed by atoms with E-state index < -0.39 is 0 Å². The van der Waals surface area contributed by atoms with Crippen LogP contribution in [0.1, 0.15) is 20.8 Å². The van der Waals surface area contributed by atoms with E-state index in [4.69, 9.17) is 4.74 Å². The van der Waals surface area contributed by atoms with E-state index in [0.29, 0.717) is 19.2 Å². The number of likely N-dealkylation sites (N-methyl/N-ethyl adjacent to an activating group) is 1. The van der Waals surface area contributed by atoms with Gasteiger partial charge in [0.05, 0.1) is 6.54 Å². The molecule has 0 aromatic heterocycles. The van der Waals surface area contributed by atoms with Gasteiger partial charge in [-0.1, -0.05) is 20.8 Å². The Balaban J connectivity index is 2.52. The molecule has 1 rings (SSSR count). The highest BCUT2D eigenvalue weighted by Crippen LogP contribution is 2.20. The van der Waals surface area contributed by atoms with E-state index in [0.717, 1.165) is 6.54 Å². The van der Waals surface area contributed by atoms with E-state index in [1.54, 1.807) is 4.90 Å². The standard InChI is InChI=1S/C10H20N2O2/c1-10(2,3)8(11-4)7-12-5-6-14-9(12)13/h8,11H,5-7H2,1-4H3. The van der Waals surface area contributed by atoms with Crippen molar-refractivity contribution in [2.24, 2.45) is 5.41 Å². The van der Waals surface area contributed by atoms with Crippen molar-refractivity contribution in [2.75, 3.05) is 26.7 Å². The molecule has 1 saturated heterocycles. The summed E-state index contributed by atoms with van der Waals surface area (Å²) in [6.45, 7) is 8.45. The molecule has 4 heteroatoms. The molecule has 1 atom stereocenters. The van der Waals surface area contributed by atoms with Crippen molar-refractivity contribution in [3.8, 4) is 0 Å². The van der Waals surface area contributed by atoms with Crippen molar-refractivity contribution < 1.29 is 9.53 Å². The minimum atomic E-state index is -0.186. The van der Waals surface area contributed by atoms with Crippen molar-refractivity contribution in [1.82, 2.24) is 10.2 Å². The summed E-state index contributed by atoms with van der Waals surface area (Å²) in [4.78, 5) is 13.0. The van der Waals surface area contributed by atoms with Gasteiger partial charge in [0, 0.05) is 12.6 Å². The van der Waals surface area contributed by atoms with E-state index in [9.17, 15) is 4.79 Å². The highest BCUT2D eigenvalue weighted by molar-refractivity contribution is 5.69. The third kappa shape index (κ3) is 2.61. The molecule has 0 radical (unpaired) electrons. The van der Waals surface area contributed by atoms with Gasteiger partial charge in [-0.2, -0.15) is 0 Å². The summed E-state index contributed by atoms with van der Waals surface area (Å²) < 4.78 is 4.88. The van der Waals surface area contributed by atoms with E-state index in [1.807, 2.05) is 7.05 Å². The summed E-state index contributed by atoms with van der Waals surface area (Å²) in [7, 11) is 1.93. The highest BCUT2D eigenvalue weighted by atomic mass is 16.6. The molecule has 1 aliphatic rings.